The second-order valence-electron chi connectivity index (χ2n) is 7.63. The summed E-state index contributed by atoms with van der Waals surface area (Å²) in [5.41, 5.74) is -1.07. The molecule has 0 saturated carbocycles. The maximum atomic E-state index is 13.2. The number of ether oxygens (including phenoxy) is 2. The third-order valence-electron chi connectivity index (χ3n) is 5.46. The van der Waals surface area contributed by atoms with Gasteiger partial charge in [0.2, 0.25) is 0 Å². The number of rotatable bonds is 8. The SMILES string of the molecule is C#CCN1CCC(CS(=O)(=O)c2ccc(Oc3ccccc3)cc2)(C(=O)OCC)CC1. The Balaban J connectivity index is 1.77. The number of carbonyl (C=O) groups is 1. The minimum atomic E-state index is -3.72. The van der Waals surface area contributed by atoms with E-state index in [9.17, 15) is 13.2 Å². The molecule has 0 bridgehead atoms. The van der Waals surface area contributed by atoms with Crippen LogP contribution in [0.5, 0.6) is 11.5 Å². The van der Waals surface area contributed by atoms with Gasteiger partial charge in [-0.05, 0) is 56.2 Å². The summed E-state index contributed by atoms with van der Waals surface area (Å²) in [6.07, 6.45) is 6.17. The minimum absolute atomic E-state index is 0.155. The highest BCUT2D eigenvalue weighted by Gasteiger charge is 2.46. The average Bonchev–Trinajstić information content (AvgIpc) is 2.76. The van der Waals surface area contributed by atoms with Crippen molar-refractivity contribution in [3.63, 3.8) is 0 Å². The number of esters is 1. The van der Waals surface area contributed by atoms with Crippen LogP contribution in [0.3, 0.4) is 0 Å². The van der Waals surface area contributed by atoms with Crippen molar-refractivity contribution in [2.24, 2.45) is 5.41 Å². The van der Waals surface area contributed by atoms with E-state index >= 15 is 0 Å². The van der Waals surface area contributed by atoms with Gasteiger partial charge >= 0.3 is 5.97 Å². The predicted octanol–water partition coefficient (Wildman–Crippen LogP) is 3.53. The third-order valence-corrected chi connectivity index (χ3v) is 7.39. The molecule has 1 heterocycles. The molecule has 1 fully saturated rings. The van der Waals surface area contributed by atoms with E-state index in [1.54, 1.807) is 19.1 Å². The molecule has 0 aromatic heterocycles. The molecule has 2 aromatic carbocycles. The summed E-state index contributed by atoms with van der Waals surface area (Å²) >= 11 is 0. The lowest BCUT2D eigenvalue weighted by molar-refractivity contribution is -0.156. The molecule has 6 nitrogen and oxygen atoms in total. The van der Waals surface area contributed by atoms with E-state index < -0.39 is 21.2 Å². The molecule has 1 aliphatic rings. The van der Waals surface area contributed by atoms with Crippen molar-refractivity contribution in [3.8, 4) is 23.8 Å². The Labute approximate surface area is 184 Å². The largest absolute Gasteiger partial charge is 0.466 e. The monoisotopic (exact) mass is 441 g/mol. The normalized spacial score (nSPS) is 16.3. The van der Waals surface area contributed by atoms with Crippen molar-refractivity contribution >= 4 is 15.8 Å². The van der Waals surface area contributed by atoms with Crippen molar-refractivity contribution in [2.75, 3.05) is 32.0 Å². The number of likely N-dealkylation sites (tertiary alicyclic amines) is 1. The topological polar surface area (TPSA) is 72.9 Å². The van der Waals surface area contributed by atoms with Crippen LogP contribution in [0.2, 0.25) is 0 Å². The van der Waals surface area contributed by atoms with E-state index in [-0.39, 0.29) is 17.3 Å². The molecule has 0 spiro atoms. The Hall–Kier alpha value is -2.82. The molecule has 0 N–H and O–H groups in total. The lowest BCUT2D eigenvalue weighted by Gasteiger charge is -2.39. The Kier molecular flexibility index (Phi) is 7.37. The molecule has 0 unspecified atom stereocenters. The summed E-state index contributed by atoms with van der Waals surface area (Å²) in [6, 6.07) is 15.5. The fourth-order valence-corrected chi connectivity index (χ4v) is 5.60. The first-order valence-corrected chi connectivity index (χ1v) is 11.9. The summed E-state index contributed by atoms with van der Waals surface area (Å²) in [5.74, 6) is 3.05. The molecular weight excluding hydrogens is 414 g/mol. The number of para-hydroxylation sites is 1. The van der Waals surface area contributed by atoms with Crippen molar-refractivity contribution in [3.05, 3.63) is 54.6 Å². The first-order valence-electron chi connectivity index (χ1n) is 10.3. The predicted molar refractivity (Wildman–Crippen MR) is 119 cm³/mol. The lowest BCUT2D eigenvalue weighted by Crippen LogP contribution is -2.48. The Morgan fingerprint density at radius 2 is 1.68 bits per heavy atom. The number of hydrogen-bond acceptors (Lipinski definition) is 6. The van der Waals surface area contributed by atoms with E-state index in [1.807, 2.05) is 35.2 Å². The Bertz CT molecular complexity index is 1020. The van der Waals surface area contributed by atoms with Gasteiger partial charge in [-0.1, -0.05) is 24.1 Å². The maximum absolute atomic E-state index is 13.2. The van der Waals surface area contributed by atoms with Crippen LogP contribution in [-0.4, -0.2) is 51.3 Å². The van der Waals surface area contributed by atoms with Gasteiger partial charge in [0.25, 0.3) is 0 Å². The molecule has 0 aliphatic carbocycles. The van der Waals surface area contributed by atoms with Crippen LogP contribution in [0, 0.1) is 17.8 Å². The van der Waals surface area contributed by atoms with Crippen molar-refractivity contribution in [1.29, 1.82) is 0 Å². The number of hydrogen-bond donors (Lipinski definition) is 0. The number of carbonyl (C=O) groups excluding carboxylic acids is 1. The van der Waals surface area contributed by atoms with Crippen LogP contribution >= 0.6 is 0 Å². The van der Waals surface area contributed by atoms with E-state index in [4.69, 9.17) is 15.9 Å². The molecule has 1 saturated heterocycles. The zero-order valence-electron chi connectivity index (χ0n) is 17.6. The maximum Gasteiger partial charge on any atom is 0.313 e. The highest BCUT2D eigenvalue weighted by atomic mass is 32.2. The van der Waals surface area contributed by atoms with Gasteiger partial charge in [-0.15, -0.1) is 6.42 Å². The van der Waals surface area contributed by atoms with Gasteiger partial charge < -0.3 is 9.47 Å². The van der Waals surface area contributed by atoms with Gasteiger partial charge in [0.15, 0.2) is 9.84 Å². The molecule has 0 amide bonds. The van der Waals surface area contributed by atoms with Gasteiger partial charge in [-0.25, -0.2) is 8.42 Å². The lowest BCUT2D eigenvalue weighted by atomic mass is 9.80. The van der Waals surface area contributed by atoms with Crippen LogP contribution in [-0.2, 0) is 19.4 Å². The summed E-state index contributed by atoms with van der Waals surface area (Å²) in [5, 5.41) is 0. The molecule has 3 rings (SSSR count). The van der Waals surface area contributed by atoms with Crippen molar-refractivity contribution in [1.82, 2.24) is 4.90 Å². The number of benzene rings is 2. The second-order valence-corrected chi connectivity index (χ2v) is 9.62. The molecule has 7 heteroatoms. The number of sulfone groups is 1. The van der Waals surface area contributed by atoms with Gasteiger partial charge in [0.05, 0.1) is 29.2 Å². The average molecular weight is 442 g/mol. The van der Waals surface area contributed by atoms with E-state index in [1.165, 1.54) is 12.1 Å². The highest BCUT2D eigenvalue weighted by Crippen LogP contribution is 2.36. The highest BCUT2D eigenvalue weighted by molar-refractivity contribution is 7.91. The number of nitrogens with zero attached hydrogens (tertiary/aromatic N) is 1. The van der Waals surface area contributed by atoms with Crippen LogP contribution in [0.15, 0.2) is 59.5 Å². The van der Waals surface area contributed by atoms with Crippen LogP contribution in [0.1, 0.15) is 19.8 Å². The Morgan fingerprint density at radius 1 is 1.06 bits per heavy atom. The molecule has 0 atom stereocenters. The minimum Gasteiger partial charge on any atom is -0.466 e. The first-order chi connectivity index (χ1) is 14.9. The van der Waals surface area contributed by atoms with Crippen LogP contribution < -0.4 is 4.74 Å². The standard InChI is InChI=1S/C24H27NO5S/c1-3-16-25-17-14-24(15-18-25,23(26)29-4-2)19-31(27,28)22-12-10-21(11-13-22)30-20-8-6-5-7-9-20/h1,5-13H,4,14-19H2,2H3. The molecule has 31 heavy (non-hydrogen) atoms. The van der Waals surface area contributed by atoms with E-state index in [0.717, 1.165) is 0 Å². The van der Waals surface area contributed by atoms with Gasteiger partial charge in [-0.3, -0.25) is 9.69 Å². The molecule has 0 radical (unpaired) electrons. The molecule has 1 aliphatic heterocycles. The van der Waals surface area contributed by atoms with Crippen molar-refractivity contribution in [2.45, 2.75) is 24.7 Å². The number of piperidine rings is 1. The van der Waals surface area contributed by atoms with Gasteiger partial charge in [0, 0.05) is 13.1 Å². The molecular formula is C24H27NO5S. The zero-order valence-corrected chi connectivity index (χ0v) is 18.4. The van der Waals surface area contributed by atoms with E-state index in [0.29, 0.717) is 44.0 Å². The van der Waals surface area contributed by atoms with Crippen LogP contribution in [0.4, 0.5) is 0 Å². The summed E-state index contributed by atoms with van der Waals surface area (Å²) < 4.78 is 37.4. The fourth-order valence-electron chi connectivity index (χ4n) is 3.75. The van der Waals surface area contributed by atoms with Gasteiger partial charge in [0.1, 0.15) is 11.5 Å². The van der Waals surface area contributed by atoms with Crippen molar-refractivity contribution < 1.29 is 22.7 Å². The Morgan fingerprint density at radius 3 is 2.26 bits per heavy atom. The molecule has 2 aromatic rings. The quantitative estimate of drug-likeness (QED) is 0.461. The number of terminal acetylenes is 1. The third kappa shape index (κ3) is 5.66. The first kappa shape index (κ1) is 22.9. The zero-order chi connectivity index (χ0) is 22.3. The second kappa shape index (κ2) is 9.99. The van der Waals surface area contributed by atoms with Crippen LogP contribution in [0.25, 0.3) is 0 Å². The van der Waals surface area contributed by atoms with E-state index in [2.05, 4.69) is 5.92 Å². The summed E-state index contributed by atoms with van der Waals surface area (Å²) in [7, 11) is -3.72. The summed E-state index contributed by atoms with van der Waals surface area (Å²) in [6.45, 7) is 3.53. The summed E-state index contributed by atoms with van der Waals surface area (Å²) in [4.78, 5) is 15.0. The van der Waals surface area contributed by atoms with Gasteiger partial charge in [-0.2, -0.15) is 0 Å². The molecule has 164 valence electrons. The smallest absolute Gasteiger partial charge is 0.313 e. The fraction of sp³-hybridized carbons (Fsp3) is 0.375.